The highest BCUT2D eigenvalue weighted by Gasteiger charge is 2.34. The molecule has 0 spiro atoms. The van der Waals surface area contributed by atoms with Crippen molar-refractivity contribution < 1.29 is 13.9 Å². The van der Waals surface area contributed by atoms with Gasteiger partial charge in [0.2, 0.25) is 5.91 Å². The van der Waals surface area contributed by atoms with Gasteiger partial charge in [-0.15, -0.1) is 0 Å². The third kappa shape index (κ3) is 3.41. The van der Waals surface area contributed by atoms with E-state index in [-0.39, 0.29) is 24.4 Å². The van der Waals surface area contributed by atoms with Gasteiger partial charge in [0.05, 0.1) is 6.10 Å². The second kappa shape index (κ2) is 6.12. The Hall–Kier alpha value is -1.46. The van der Waals surface area contributed by atoms with Crippen LogP contribution in [0.5, 0.6) is 0 Å². The van der Waals surface area contributed by atoms with Gasteiger partial charge < -0.3 is 9.64 Å². The van der Waals surface area contributed by atoms with Crippen LogP contribution in [-0.2, 0) is 16.1 Å². The Morgan fingerprint density at radius 1 is 1.29 bits per heavy atom. The van der Waals surface area contributed by atoms with Gasteiger partial charge in [0.25, 0.3) is 0 Å². The zero-order chi connectivity index (χ0) is 14.8. The predicted octanol–water partition coefficient (Wildman–Crippen LogP) is 1.50. The lowest BCUT2D eigenvalue weighted by Gasteiger charge is -2.37. The molecule has 21 heavy (non-hydrogen) atoms. The first kappa shape index (κ1) is 14.5. The summed E-state index contributed by atoms with van der Waals surface area (Å²) in [5.41, 5.74) is 1.12. The summed E-state index contributed by atoms with van der Waals surface area (Å²) in [7, 11) is 1.84. The molecule has 2 saturated heterocycles. The summed E-state index contributed by atoms with van der Waals surface area (Å²) in [4.78, 5) is 15.8. The summed E-state index contributed by atoms with van der Waals surface area (Å²) in [5.74, 6) is 0.222. The molecular weight excluding hydrogens is 271 g/mol. The Morgan fingerprint density at radius 2 is 2.05 bits per heavy atom. The Kier molecular flexibility index (Phi) is 4.22. The zero-order valence-electron chi connectivity index (χ0n) is 12.3. The number of amides is 1. The van der Waals surface area contributed by atoms with E-state index < -0.39 is 0 Å². The minimum absolute atomic E-state index is 0.0643. The molecule has 0 N–H and O–H groups in total. The molecule has 0 radical (unpaired) electrons. The monoisotopic (exact) mass is 292 g/mol. The lowest BCUT2D eigenvalue weighted by molar-refractivity contribution is -0.133. The number of halogens is 1. The number of hydrogen-bond acceptors (Lipinski definition) is 3. The third-order valence-corrected chi connectivity index (χ3v) is 4.42. The van der Waals surface area contributed by atoms with E-state index in [4.69, 9.17) is 4.74 Å². The van der Waals surface area contributed by atoms with Crippen LogP contribution in [0.2, 0.25) is 0 Å². The highest BCUT2D eigenvalue weighted by Crippen LogP contribution is 2.24. The van der Waals surface area contributed by atoms with Gasteiger partial charge in [-0.25, -0.2) is 4.39 Å². The van der Waals surface area contributed by atoms with Crippen LogP contribution in [0.4, 0.5) is 4.39 Å². The molecule has 0 saturated carbocycles. The summed E-state index contributed by atoms with van der Waals surface area (Å²) in [5, 5.41) is 0. The van der Waals surface area contributed by atoms with Gasteiger partial charge in [0.15, 0.2) is 0 Å². The number of likely N-dealkylation sites (N-methyl/N-ethyl adjacent to an activating group) is 1. The molecule has 0 unspecified atom stereocenters. The maximum absolute atomic E-state index is 12.9. The van der Waals surface area contributed by atoms with E-state index in [0.717, 1.165) is 38.2 Å². The SMILES string of the molecule is CN1C[C@H]2CN(Cc3ccc(F)cc3)CC[C@@H]2OCC1=O. The van der Waals surface area contributed by atoms with Crippen LogP contribution in [0.15, 0.2) is 24.3 Å². The van der Waals surface area contributed by atoms with Crippen molar-refractivity contribution in [3.05, 3.63) is 35.6 Å². The van der Waals surface area contributed by atoms with E-state index in [0.29, 0.717) is 5.92 Å². The van der Waals surface area contributed by atoms with Crippen LogP contribution in [0, 0.1) is 11.7 Å². The molecule has 2 heterocycles. The molecule has 0 aromatic heterocycles. The molecule has 2 aliphatic rings. The van der Waals surface area contributed by atoms with Crippen LogP contribution in [-0.4, -0.2) is 55.1 Å². The van der Waals surface area contributed by atoms with E-state index in [1.165, 1.54) is 12.1 Å². The van der Waals surface area contributed by atoms with E-state index in [1.807, 2.05) is 19.2 Å². The van der Waals surface area contributed by atoms with Gasteiger partial charge in [0, 0.05) is 39.1 Å². The number of carbonyl (C=O) groups excluding carboxylic acids is 1. The predicted molar refractivity (Wildman–Crippen MR) is 77.2 cm³/mol. The second-order valence-electron chi connectivity index (χ2n) is 6.03. The molecule has 1 amide bonds. The van der Waals surface area contributed by atoms with E-state index in [2.05, 4.69) is 4.90 Å². The quantitative estimate of drug-likeness (QED) is 0.828. The van der Waals surface area contributed by atoms with Gasteiger partial charge in [-0.1, -0.05) is 12.1 Å². The minimum Gasteiger partial charge on any atom is -0.368 e. The van der Waals surface area contributed by atoms with Gasteiger partial charge in [-0.05, 0) is 24.1 Å². The summed E-state index contributed by atoms with van der Waals surface area (Å²) < 4.78 is 18.7. The maximum atomic E-state index is 12.9. The van der Waals surface area contributed by atoms with Crippen molar-refractivity contribution in [1.82, 2.24) is 9.80 Å². The van der Waals surface area contributed by atoms with Gasteiger partial charge in [-0.2, -0.15) is 0 Å². The van der Waals surface area contributed by atoms with Gasteiger partial charge in [-0.3, -0.25) is 9.69 Å². The highest BCUT2D eigenvalue weighted by atomic mass is 19.1. The molecule has 114 valence electrons. The van der Waals surface area contributed by atoms with Crippen molar-refractivity contribution in [2.45, 2.75) is 19.1 Å². The number of likely N-dealkylation sites (tertiary alicyclic amines) is 1. The Labute approximate surface area is 124 Å². The summed E-state index contributed by atoms with van der Waals surface area (Å²) >= 11 is 0. The summed E-state index contributed by atoms with van der Waals surface area (Å²) in [6.07, 6.45) is 1.14. The van der Waals surface area contributed by atoms with E-state index >= 15 is 0 Å². The van der Waals surface area contributed by atoms with Crippen molar-refractivity contribution in [3.63, 3.8) is 0 Å². The molecule has 0 bridgehead atoms. The fourth-order valence-electron chi connectivity index (χ4n) is 3.21. The zero-order valence-corrected chi connectivity index (χ0v) is 12.3. The molecule has 5 heteroatoms. The van der Waals surface area contributed by atoms with Gasteiger partial charge >= 0.3 is 0 Å². The lowest BCUT2D eigenvalue weighted by Crippen LogP contribution is -2.46. The van der Waals surface area contributed by atoms with Gasteiger partial charge in [0.1, 0.15) is 12.4 Å². The fourth-order valence-corrected chi connectivity index (χ4v) is 3.21. The summed E-state index contributed by atoms with van der Waals surface area (Å²) in [6.45, 7) is 3.65. The molecule has 1 aromatic rings. The average Bonchev–Trinajstić information content (AvgIpc) is 2.61. The smallest absolute Gasteiger partial charge is 0.248 e. The lowest BCUT2D eigenvalue weighted by atomic mass is 9.94. The van der Waals surface area contributed by atoms with Crippen LogP contribution < -0.4 is 0 Å². The minimum atomic E-state index is -0.199. The number of ether oxygens (including phenoxy) is 1. The molecule has 2 fully saturated rings. The Morgan fingerprint density at radius 3 is 2.81 bits per heavy atom. The van der Waals surface area contributed by atoms with Crippen molar-refractivity contribution in [2.75, 3.05) is 33.3 Å². The number of hydrogen-bond donors (Lipinski definition) is 0. The van der Waals surface area contributed by atoms with Crippen LogP contribution in [0.1, 0.15) is 12.0 Å². The molecule has 2 atom stereocenters. The first-order valence-corrected chi connectivity index (χ1v) is 7.44. The standard InChI is InChI=1S/C16H21FN2O2/c1-18-9-13-10-19(7-6-15(13)21-11-16(18)20)8-12-2-4-14(17)5-3-12/h2-5,13,15H,6-11H2,1H3/t13-,15-/m0/s1. The fraction of sp³-hybridized carbons (Fsp3) is 0.562. The van der Waals surface area contributed by atoms with E-state index in [1.54, 1.807) is 4.90 Å². The largest absolute Gasteiger partial charge is 0.368 e. The second-order valence-corrected chi connectivity index (χ2v) is 6.03. The number of benzene rings is 1. The number of rotatable bonds is 2. The number of piperidine rings is 1. The maximum Gasteiger partial charge on any atom is 0.248 e. The molecule has 4 nitrogen and oxygen atoms in total. The number of fused-ring (bicyclic) bond motifs is 1. The van der Waals surface area contributed by atoms with Crippen molar-refractivity contribution in [3.8, 4) is 0 Å². The number of nitrogens with zero attached hydrogens (tertiary/aromatic N) is 2. The molecule has 2 aliphatic heterocycles. The van der Waals surface area contributed by atoms with E-state index in [9.17, 15) is 9.18 Å². The molecular formula is C16H21FN2O2. The van der Waals surface area contributed by atoms with Crippen molar-refractivity contribution in [1.29, 1.82) is 0 Å². The normalized spacial score (nSPS) is 27.3. The van der Waals surface area contributed by atoms with Crippen LogP contribution in [0.3, 0.4) is 0 Å². The number of carbonyl (C=O) groups is 1. The summed E-state index contributed by atoms with van der Waals surface area (Å²) in [6, 6.07) is 6.67. The van der Waals surface area contributed by atoms with Crippen molar-refractivity contribution >= 4 is 5.91 Å². The van der Waals surface area contributed by atoms with Crippen LogP contribution >= 0.6 is 0 Å². The molecule has 1 aromatic carbocycles. The topological polar surface area (TPSA) is 32.8 Å². The van der Waals surface area contributed by atoms with Crippen LogP contribution in [0.25, 0.3) is 0 Å². The average molecular weight is 292 g/mol. The highest BCUT2D eigenvalue weighted by molar-refractivity contribution is 5.77. The first-order chi connectivity index (χ1) is 10.1. The third-order valence-electron chi connectivity index (χ3n) is 4.42. The van der Waals surface area contributed by atoms with Crippen molar-refractivity contribution in [2.24, 2.45) is 5.92 Å². The molecule has 3 rings (SSSR count). The first-order valence-electron chi connectivity index (χ1n) is 7.44. The molecule has 0 aliphatic carbocycles. The Bertz CT molecular complexity index is 506. The Balaban J connectivity index is 1.62.